The van der Waals surface area contributed by atoms with Crippen molar-refractivity contribution in [3.8, 4) is 5.69 Å². The Morgan fingerprint density at radius 1 is 1.35 bits per heavy atom. The topological polar surface area (TPSA) is 69.1 Å². The van der Waals surface area contributed by atoms with E-state index in [4.69, 9.17) is 17.4 Å². The van der Waals surface area contributed by atoms with E-state index in [-0.39, 0.29) is 0 Å². The quantitative estimate of drug-likeness (QED) is 0.502. The van der Waals surface area contributed by atoms with Crippen LogP contribution in [0.1, 0.15) is 18.3 Å². The third-order valence-electron chi connectivity index (χ3n) is 2.50. The molecule has 0 unspecified atom stereocenters. The highest BCUT2D eigenvalue weighted by Gasteiger charge is 2.12. The molecule has 17 heavy (non-hydrogen) atoms. The Balaban J connectivity index is 2.47. The van der Waals surface area contributed by atoms with E-state index < -0.39 is 0 Å². The van der Waals surface area contributed by atoms with Gasteiger partial charge < -0.3 is 5.84 Å². The molecule has 0 aliphatic heterocycles. The number of benzene rings is 1. The zero-order valence-electron chi connectivity index (χ0n) is 9.55. The van der Waals surface area contributed by atoms with Crippen molar-refractivity contribution in [2.75, 3.05) is 0 Å². The van der Waals surface area contributed by atoms with Gasteiger partial charge in [0, 0.05) is 5.02 Å². The molecule has 0 bridgehead atoms. The van der Waals surface area contributed by atoms with Gasteiger partial charge in [-0.1, -0.05) is 16.8 Å². The molecule has 88 valence electrons. The van der Waals surface area contributed by atoms with Crippen LogP contribution in [0.3, 0.4) is 0 Å². The predicted molar refractivity (Wildman–Crippen MR) is 67.5 cm³/mol. The molecule has 6 heteroatoms. The van der Waals surface area contributed by atoms with Crippen LogP contribution in [0.5, 0.6) is 0 Å². The van der Waals surface area contributed by atoms with Crippen molar-refractivity contribution in [3.05, 3.63) is 40.7 Å². The van der Waals surface area contributed by atoms with Gasteiger partial charge in [-0.2, -0.15) is 5.10 Å². The van der Waals surface area contributed by atoms with E-state index in [0.29, 0.717) is 16.4 Å². The van der Waals surface area contributed by atoms with Crippen LogP contribution in [-0.4, -0.2) is 20.7 Å². The van der Waals surface area contributed by atoms with Gasteiger partial charge in [-0.15, -0.1) is 5.10 Å². The maximum atomic E-state index is 5.84. The second kappa shape index (κ2) is 4.55. The van der Waals surface area contributed by atoms with Crippen molar-refractivity contribution in [2.45, 2.75) is 13.8 Å². The lowest BCUT2D eigenvalue weighted by atomic mass is 10.2. The Morgan fingerprint density at radius 3 is 2.59 bits per heavy atom. The van der Waals surface area contributed by atoms with Crippen LogP contribution in [0, 0.1) is 6.92 Å². The maximum Gasteiger partial charge on any atom is 0.132 e. The number of nitrogens with two attached hydrogens (primary N) is 1. The number of rotatable bonds is 2. The van der Waals surface area contributed by atoms with E-state index in [9.17, 15) is 0 Å². The van der Waals surface area contributed by atoms with Crippen molar-refractivity contribution >= 4 is 17.3 Å². The molecule has 1 heterocycles. The smallest absolute Gasteiger partial charge is 0.132 e. The summed E-state index contributed by atoms with van der Waals surface area (Å²) in [5, 5.41) is 12.4. The number of hydrogen-bond donors (Lipinski definition) is 1. The molecule has 5 nitrogen and oxygen atoms in total. The predicted octanol–water partition coefficient (Wildman–Crippen LogP) is 1.91. The van der Waals surface area contributed by atoms with Crippen LogP contribution < -0.4 is 5.84 Å². The van der Waals surface area contributed by atoms with Gasteiger partial charge in [-0.05, 0) is 38.1 Å². The highest BCUT2D eigenvalue weighted by Crippen LogP contribution is 2.15. The van der Waals surface area contributed by atoms with Crippen LogP contribution in [-0.2, 0) is 0 Å². The second-order valence-electron chi connectivity index (χ2n) is 3.63. The Kier molecular flexibility index (Phi) is 3.10. The Labute approximate surface area is 104 Å². The minimum absolute atomic E-state index is 0.655. The molecule has 0 aliphatic carbocycles. The molecule has 1 aromatic carbocycles. The highest BCUT2D eigenvalue weighted by atomic mass is 35.5. The van der Waals surface area contributed by atoms with E-state index >= 15 is 0 Å². The normalized spacial score (nSPS) is 11.8. The van der Waals surface area contributed by atoms with Gasteiger partial charge in [0.05, 0.1) is 17.1 Å². The molecule has 0 atom stereocenters. The van der Waals surface area contributed by atoms with Gasteiger partial charge in [0.15, 0.2) is 0 Å². The average Bonchev–Trinajstić information content (AvgIpc) is 2.71. The highest BCUT2D eigenvalue weighted by molar-refractivity contribution is 6.30. The molecule has 0 saturated carbocycles. The van der Waals surface area contributed by atoms with E-state index in [1.807, 2.05) is 31.2 Å². The molecule has 1 aromatic heterocycles. The lowest BCUT2D eigenvalue weighted by Crippen LogP contribution is -2.03. The van der Waals surface area contributed by atoms with Crippen LogP contribution in [0.15, 0.2) is 29.4 Å². The summed E-state index contributed by atoms with van der Waals surface area (Å²) in [5.74, 6) is 5.23. The zero-order valence-corrected chi connectivity index (χ0v) is 10.3. The summed E-state index contributed by atoms with van der Waals surface area (Å²) >= 11 is 5.84. The van der Waals surface area contributed by atoms with E-state index in [0.717, 1.165) is 11.4 Å². The summed E-state index contributed by atoms with van der Waals surface area (Å²) in [6.07, 6.45) is 0. The molecular weight excluding hydrogens is 238 g/mol. The van der Waals surface area contributed by atoms with Crippen molar-refractivity contribution in [3.63, 3.8) is 0 Å². The summed E-state index contributed by atoms with van der Waals surface area (Å²) in [4.78, 5) is 0. The first-order valence-corrected chi connectivity index (χ1v) is 5.44. The van der Waals surface area contributed by atoms with E-state index in [2.05, 4.69) is 15.4 Å². The van der Waals surface area contributed by atoms with E-state index in [1.54, 1.807) is 11.6 Å². The first kappa shape index (κ1) is 11.6. The summed E-state index contributed by atoms with van der Waals surface area (Å²) < 4.78 is 1.72. The minimum atomic E-state index is 0.655. The summed E-state index contributed by atoms with van der Waals surface area (Å²) in [6, 6.07) is 7.37. The monoisotopic (exact) mass is 249 g/mol. The lowest BCUT2D eigenvalue weighted by molar-refractivity contribution is 0.785. The number of halogens is 1. The number of aromatic nitrogens is 3. The molecule has 0 fully saturated rings. The fourth-order valence-corrected chi connectivity index (χ4v) is 1.68. The van der Waals surface area contributed by atoms with Gasteiger partial charge in [0.25, 0.3) is 0 Å². The summed E-state index contributed by atoms with van der Waals surface area (Å²) in [7, 11) is 0. The molecule has 2 aromatic rings. The van der Waals surface area contributed by atoms with Crippen molar-refractivity contribution < 1.29 is 0 Å². The van der Waals surface area contributed by atoms with Gasteiger partial charge in [-0.3, -0.25) is 0 Å². The molecule has 0 saturated heterocycles. The van der Waals surface area contributed by atoms with Gasteiger partial charge >= 0.3 is 0 Å². The third kappa shape index (κ3) is 2.14. The van der Waals surface area contributed by atoms with Crippen molar-refractivity contribution in [1.29, 1.82) is 0 Å². The number of hydrazone groups is 1. The Bertz CT molecular complexity index is 556. The molecular formula is C11H12ClN5. The van der Waals surface area contributed by atoms with Gasteiger partial charge in [-0.25, -0.2) is 4.68 Å². The molecule has 0 aliphatic rings. The average molecular weight is 250 g/mol. The molecule has 0 radical (unpaired) electrons. The number of nitrogens with zero attached hydrogens (tertiary/aromatic N) is 4. The van der Waals surface area contributed by atoms with Crippen LogP contribution >= 0.6 is 11.6 Å². The second-order valence-corrected chi connectivity index (χ2v) is 4.06. The zero-order chi connectivity index (χ0) is 12.4. The van der Waals surface area contributed by atoms with Crippen LogP contribution in [0.2, 0.25) is 5.02 Å². The van der Waals surface area contributed by atoms with Gasteiger partial charge in [0.1, 0.15) is 5.69 Å². The summed E-state index contributed by atoms with van der Waals surface area (Å²) in [6.45, 7) is 3.71. The Morgan fingerprint density at radius 2 is 2.00 bits per heavy atom. The van der Waals surface area contributed by atoms with Crippen molar-refractivity contribution in [2.24, 2.45) is 10.9 Å². The Hall–Kier alpha value is -1.88. The van der Waals surface area contributed by atoms with Gasteiger partial charge in [0.2, 0.25) is 0 Å². The molecule has 2 rings (SSSR count). The fraction of sp³-hybridized carbons (Fsp3) is 0.182. The first-order valence-electron chi connectivity index (χ1n) is 5.06. The van der Waals surface area contributed by atoms with Crippen molar-refractivity contribution in [1.82, 2.24) is 15.0 Å². The lowest BCUT2D eigenvalue weighted by Gasteiger charge is -2.03. The molecule has 0 amide bonds. The standard InChI is InChI=1S/C11H12ClN5/c1-7(14-13)11-8(2)17(16-15-11)10-5-3-9(12)4-6-10/h3-6H,13H2,1-2H3/b14-7+. The molecule has 2 N–H and O–H groups in total. The van der Waals surface area contributed by atoms with Crippen LogP contribution in [0.4, 0.5) is 0 Å². The fourth-order valence-electron chi connectivity index (χ4n) is 1.55. The SMILES string of the molecule is C/C(=N\N)c1nnn(-c2ccc(Cl)cc2)c1C. The minimum Gasteiger partial charge on any atom is -0.323 e. The third-order valence-corrected chi connectivity index (χ3v) is 2.75. The summed E-state index contributed by atoms with van der Waals surface area (Å²) in [5.41, 5.74) is 3.14. The first-order chi connectivity index (χ1) is 8.13. The maximum absolute atomic E-state index is 5.84. The number of hydrogen-bond acceptors (Lipinski definition) is 4. The van der Waals surface area contributed by atoms with E-state index in [1.165, 1.54) is 0 Å². The largest absolute Gasteiger partial charge is 0.323 e. The van der Waals surface area contributed by atoms with Crippen LogP contribution in [0.25, 0.3) is 5.69 Å². The molecule has 0 spiro atoms.